The molecule has 0 aliphatic carbocycles. The van der Waals surface area contributed by atoms with E-state index in [0.29, 0.717) is 12.5 Å². The molecule has 132 valence electrons. The van der Waals surface area contributed by atoms with Gasteiger partial charge in [-0.2, -0.15) is 0 Å². The molecule has 1 N–H and O–H groups in total. The van der Waals surface area contributed by atoms with Crippen molar-refractivity contribution in [2.45, 2.75) is 38.8 Å². The highest BCUT2D eigenvalue weighted by Crippen LogP contribution is 2.23. The zero-order chi connectivity index (χ0) is 17.6. The molecule has 1 aliphatic heterocycles. The second-order valence-electron chi connectivity index (χ2n) is 6.73. The molecule has 0 saturated carbocycles. The summed E-state index contributed by atoms with van der Waals surface area (Å²) in [5.74, 6) is 0.0463. The predicted octanol–water partition coefficient (Wildman–Crippen LogP) is 3.87. The molecule has 1 amide bonds. The van der Waals surface area contributed by atoms with E-state index >= 15 is 0 Å². The molecule has 2 atom stereocenters. The van der Waals surface area contributed by atoms with Gasteiger partial charge in [0.05, 0.1) is 12.7 Å². The van der Waals surface area contributed by atoms with Crippen molar-refractivity contribution in [2.24, 2.45) is 0 Å². The van der Waals surface area contributed by atoms with Crippen LogP contribution in [-0.2, 0) is 16.0 Å². The largest absolute Gasteiger partial charge is 0.375 e. The fourth-order valence-electron chi connectivity index (χ4n) is 3.13. The third-order valence-corrected chi connectivity index (χ3v) is 4.57. The Kier molecular flexibility index (Phi) is 5.71. The van der Waals surface area contributed by atoms with Gasteiger partial charge in [-0.3, -0.25) is 4.79 Å². The average molecular weight is 338 g/mol. The molecule has 0 aromatic heterocycles. The first kappa shape index (κ1) is 17.5. The van der Waals surface area contributed by atoms with E-state index < -0.39 is 0 Å². The summed E-state index contributed by atoms with van der Waals surface area (Å²) in [4.78, 5) is 14.5. The summed E-state index contributed by atoms with van der Waals surface area (Å²) in [5, 5.41) is 2.98. The molecule has 1 saturated heterocycles. The Morgan fingerprint density at radius 3 is 2.56 bits per heavy atom. The lowest BCUT2D eigenvalue weighted by atomic mass is 10.1. The van der Waals surface area contributed by atoms with E-state index in [0.717, 1.165) is 25.3 Å². The highest BCUT2D eigenvalue weighted by Gasteiger charge is 2.23. The smallest absolute Gasteiger partial charge is 0.224 e. The van der Waals surface area contributed by atoms with Gasteiger partial charge in [-0.15, -0.1) is 0 Å². The molecular weight excluding hydrogens is 312 g/mol. The quantitative estimate of drug-likeness (QED) is 0.900. The third kappa shape index (κ3) is 4.83. The topological polar surface area (TPSA) is 41.6 Å². The van der Waals surface area contributed by atoms with Crippen molar-refractivity contribution in [3.8, 4) is 0 Å². The number of anilines is 2. The van der Waals surface area contributed by atoms with Crippen molar-refractivity contribution in [3.05, 3.63) is 60.2 Å². The van der Waals surface area contributed by atoms with E-state index in [1.165, 1.54) is 11.3 Å². The summed E-state index contributed by atoms with van der Waals surface area (Å²) in [5.41, 5.74) is 3.20. The summed E-state index contributed by atoms with van der Waals surface area (Å²) >= 11 is 0. The monoisotopic (exact) mass is 338 g/mol. The van der Waals surface area contributed by atoms with Crippen LogP contribution in [0.5, 0.6) is 0 Å². The predicted molar refractivity (Wildman–Crippen MR) is 102 cm³/mol. The Balaban J connectivity index is 1.54. The van der Waals surface area contributed by atoms with E-state index in [9.17, 15) is 4.79 Å². The van der Waals surface area contributed by atoms with Crippen LogP contribution in [0.15, 0.2) is 54.6 Å². The normalized spacial score (nSPS) is 20.3. The molecule has 4 heteroatoms. The van der Waals surface area contributed by atoms with Crippen LogP contribution in [0, 0.1) is 0 Å². The molecule has 4 nitrogen and oxygen atoms in total. The molecule has 2 aromatic rings. The molecule has 1 heterocycles. The SMILES string of the molecule is CC1CN(c2ccc(NC(=O)CCc3ccccc3)cc2)C(C)CO1. The molecule has 1 fully saturated rings. The lowest BCUT2D eigenvalue weighted by Gasteiger charge is -2.38. The molecule has 25 heavy (non-hydrogen) atoms. The van der Waals surface area contributed by atoms with E-state index in [-0.39, 0.29) is 12.0 Å². The van der Waals surface area contributed by atoms with E-state index in [4.69, 9.17) is 4.74 Å². The Morgan fingerprint density at radius 2 is 1.84 bits per heavy atom. The van der Waals surface area contributed by atoms with Gasteiger partial charge in [0.2, 0.25) is 5.91 Å². The summed E-state index contributed by atoms with van der Waals surface area (Å²) < 4.78 is 5.68. The summed E-state index contributed by atoms with van der Waals surface area (Å²) in [6.45, 7) is 5.91. The molecule has 0 spiro atoms. The minimum atomic E-state index is 0.0463. The first-order valence-corrected chi connectivity index (χ1v) is 8.94. The molecule has 2 aromatic carbocycles. The van der Waals surface area contributed by atoms with E-state index in [2.05, 4.69) is 36.2 Å². The lowest BCUT2D eigenvalue weighted by molar-refractivity contribution is -0.116. The summed E-state index contributed by atoms with van der Waals surface area (Å²) in [7, 11) is 0. The number of morpholine rings is 1. The number of amides is 1. The van der Waals surface area contributed by atoms with Crippen LogP contribution in [-0.4, -0.2) is 31.2 Å². The number of rotatable bonds is 5. The second kappa shape index (κ2) is 8.17. The Bertz CT molecular complexity index is 685. The molecule has 2 unspecified atom stereocenters. The number of aryl methyl sites for hydroxylation is 1. The van der Waals surface area contributed by atoms with Crippen molar-refractivity contribution < 1.29 is 9.53 Å². The number of benzene rings is 2. The maximum atomic E-state index is 12.1. The zero-order valence-corrected chi connectivity index (χ0v) is 14.9. The molecule has 3 rings (SSSR count). The highest BCUT2D eigenvalue weighted by atomic mass is 16.5. The van der Waals surface area contributed by atoms with Crippen LogP contribution in [0.4, 0.5) is 11.4 Å². The van der Waals surface area contributed by atoms with Gasteiger partial charge in [-0.1, -0.05) is 30.3 Å². The molecule has 0 bridgehead atoms. The highest BCUT2D eigenvalue weighted by molar-refractivity contribution is 5.91. The number of carbonyl (C=O) groups excluding carboxylic acids is 1. The van der Waals surface area contributed by atoms with Gasteiger partial charge < -0.3 is 15.0 Å². The van der Waals surface area contributed by atoms with Crippen molar-refractivity contribution in [3.63, 3.8) is 0 Å². The van der Waals surface area contributed by atoms with Crippen LogP contribution in [0.25, 0.3) is 0 Å². The second-order valence-corrected chi connectivity index (χ2v) is 6.73. The van der Waals surface area contributed by atoms with Crippen LogP contribution in [0.1, 0.15) is 25.8 Å². The number of hydrogen-bond acceptors (Lipinski definition) is 3. The maximum Gasteiger partial charge on any atom is 0.224 e. The van der Waals surface area contributed by atoms with Crippen molar-refractivity contribution in [1.29, 1.82) is 0 Å². The Morgan fingerprint density at radius 1 is 1.12 bits per heavy atom. The van der Waals surface area contributed by atoms with Crippen molar-refractivity contribution >= 4 is 17.3 Å². The van der Waals surface area contributed by atoms with Crippen LogP contribution < -0.4 is 10.2 Å². The number of nitrogens with one attached hydrogen (secondary N) is 1. The lowest BCUT2D eigenvalue weighted by Crippen LogP contribution is -2.47. The Hall–Kier alpha value is -2.33. The van der Waals surface area contributed by atoms with E-state index in [1.807, 2.05) is 42.5 Å². The van der Waals surface area contributed by atoms with Gasteiger partial charge in [-0.25, -0.2) is 0 Å². The van der Waals surface area contributed by atoms with Crippen LogP contribution >= 0.6 is 0 Å². The average Bonchev–Trinajstić information content (AvgIpc) is 2.64. The summed E-state index contributed by atoms with van der Waals surface area (Å²) in [6.07, 6.45) is 1.49. The zero-order valence-electron chi connectivity index (χ0n) is 14.9. The van der Waals surface area contributed by atoms with Gasteiger partial charge in [0.1, 0.15) is 0 Å². The standard InChI is InChI=1S/C21H26N2O2/c1-16-15-25-17(2)14-23(16)20-11-9-19(10-12-20)22-21(24)13-8-18-6-4-3-5-7-18/h3-7,9-12,16-17H,8,13-15H2,1-2H3,(H,22,24). The van der Waals surface area contributed by atoms with Crippen LogP contribution in [0.2, 0.25) is 0 Å². The first-order valence-electron chi connectivity index (χ1n) is 8.94. The fraction of sp³-hybridized carbons (Fsp3) is 0.381. The minimum Gasteiger partial charge on any atom is -0.375 e. The van der Waals surface area contributed by atoms with Gasteiger partial charge in [0, 0.05) is 30.4 Å². The number of hydrogen-bond donors (Lipinski definition) is 1. The maximum absolute atomic E-state index is 12.1. The Labute approximate surface area is 149 Å². The van der Waals surface area contributed by atoms with Crippen molar-refractivity contribution in [1.82, 2.24) is 0 Å². The molecular formula is C21H26N2O2. The third-order valence-electron chi connectivity index (χ3n) is 4.57. The van der Waals surface area contributed by atoms with Crippen molar-refractivity contribution in [2.75, 3.05) is 23.4 Å². The molecule has 0 radical (unpaired) electrons. The fourth-order valence-corrected chi connectivity index (χ4v) is 3.13. The van der Waals surface area contributed by atoms with Crippen LogP contribution in [0.3, 0.4) is 0 Å². The van der Waals surface area contributed by atoms with Gasteiger partial charge in [0.25, 0.3) is 0 Å². The first-order chi connectivity index (χ1) is 12.1. The van der Waals surface area contributed by atoms with E-state index in [1.54, 1.807) is 0 Å². The minimum absolute atomic E-state index is 0.0463. The molecule has 1 aliphatic rings. The van der Waals surface area contributed by atoms with Gasteiger partial charge in [-0.05, 0) is 50.1 Å². The van der Waals surface area contributed by atoms with Gasteiger partial charge in [0.15, 0.2) is 0 Å². The number of nitrogens with zero attached hydrogens (tertiary/aromatic N) is 1. The van der Waals surface area contributed by atoms with Gasteiger partial charge >= 0.3 is 0 Å². The number of ether oxygens (including phenoxy) is 1. The number of carbonyl (C=O) groups is 1. The summed E-state index contributed by atoms with van der Waals surface area (Å²) in [6, 6.07) is 18.5.